The van der Waals surface area contributed by atoms with Crippen molar-refractivity contribution in [2.75, 3.05) is 0 Å². The molecule has 0 aliphatic carbocycles. The summed E-state index contributed by atoms with van der Waals surface area (Å²) in [5.74, 6) is -0.923. The number of carboxylic acid groups (broad SMARTS) is 1. The van der Waals surface area contributed by atoms with Gasteiger partial charge in [-0.2, -0.15) is 0 Å². The van der Waals surface area contributed by atoms with Gasteiger partial charge in [-0.05, 0) is 13.3 Å². The van der Waals surface area contributed by atoms with Gasteiger partial charge < -0.3 is 15.7 Å². The van der Waals surface area contributed by atoms with E-state index in [4.69, 9.17) is 5.11 Å². The second-order valence-electron chi connectivity index (χ2n) is 4.56. The second kappa shape index (κ2) is 8.08. The molecule has 0 fully saturated rings. The SMILES string of the molecule is CCCC(CC(=O)O)NC(=O)NCc1cnc(C)cn1. The van der Waals surface area contributed by atoms with Crippen LogP contribution in [0.5, 0.6) is 0 Å². The number of rotatable bonds is 7. The molecule has 110 valence electrons. The number of hydrogen-bond acceptors (Lipinski definition) is 4. The van der Waals surface area contributed by atoms with E-state index in [1.165, 1.54) is 0 Å². The van der Waals surface area contributed by atoms with Crippen LogP contribution in [0.4, 0.5) is 4.79 Å². The highest BCUT2D eigenvalue weighted by atomic mass is 16.4. The zero-order valence-electron chi connectivity index (χ0n) is 11.7. The maximum absolute atomic E-state index is 11.7. The lowest BCUT2D eigenvalue weighted by molar-refractivity contribution is -0.137. The number of amides is 2. The zero-order chi connectivity index (χ0) is 15.0. The second-order valence-corrected chi connectivity index (χ2v) is 4.56. The standard InChI is InChI=1S/C13H20N4O3/c1-3-4-10(5-12(18)19)17-13(20)16-8-11-7-14-9(2)6-15-11/h6-7,10H,3-5,8H2,1-2H3,(H,18,19)(H2,16,17,20). The molecule has 1 heterocycles. The molecule has 0 spiro atoms. The summed E-state index contributed by atoms with van der Waals surface area (Å²) in [4.78, 5) is 30.6. The summed E-state index contributed by atoms with van der Waals surface area (Å²) in [5.41, 5.74) is 1.46. The fraction of sp³-hybridized carbons (Fsp3) is 0.538. The fourth-order valence-electron chi connectivity index (χ4n) is 1.70. The van der Waals surface area contributed by atoms with Gasteiger partial charge in [-0.15, -0.1) is 0 Å². The molecule has 1 aromatic rings. The molecule has 1 atom stereocenters. The van der Waals surface area contributed by atoms with Gasteiger partial charge in [-0.3, -0.25) is 14.8 Å². The van der Waals surface area contributed by atoms with E-state index in [2.05, 4.69) is 20.6 Å². The maximum Gasteiger partial charge on any atom is 0.315 e. The number of aliphatic carboxylic acids is 1. The molecule has 0 saturated heterocycles. The van der Waals surface area contributed by atoms with Crippen molar-refractivity contribution in [3.05, 3.63) is 23.8 Å². The third kappa shape index (κ3) is 6.12. The Balaban J connectivity index is 2.41. The first-order valence-electron chi connectivity index (χ1n) is 6.55. The quantitative estimate of drug-likeness (QED) is 0.696. The predicted octanol–water partition coefficient (Wildman–Crippen LogP) is 1.23. The molecule has 0 saturated carbocycles. The number of carboxylic acids is 1. The first-order valence-corrected chi connectivity index (χ1v) is 6.55. The minimum Gasteiger partial charge on any atom is -0.481 e. The van der Waals surface area contributed by atoms with Crippen LogP contribution in [-0.4, -0.2) is 33.1 Å². The van der Waals surface area contributed by atoms with Crippen LogP contribution in [0.25, 0.3) is 0 Å². The Morgan fingerprint density at radius 2 is 2.10 bits per heavy atom. The largest absolute Gasteiger partial charge is 0.481 e. The number of carbonyl (C=O) groups is 2. The molecular formula is C13H20N4O3. The first kappa shape index (κ1) is 15.9. The van der Waals surface area contributed by atoms with E-state index in [9.17, 15) is 9.59 Å². The molecule has 0 radical (unpaired) electrons. The number of urea groups is 1. The third-order valence-electron chi connectivity index (χ3n) is 2.66. The van der Waals surface area contributed by atoms with Gasteiger partial charge in [0.2, 0.25) is 0 Å². The lowest BCUT2D eigenvalue weighted by atomic mass is 10.1. The van der Waals surface area contributed by atoms with Crippen LogP contribution >= 0.6 is 0 Å². The molecule has 0 aromatic carbocycles. The summed E-state index contributed by atoms with van der Waals surface area (Å²) in [6, 6.07) is -0.756. The van der Waals surface area contributed by atoms with Crippen molar-refractivity contribution in [3.63, 3.8) is 0 Å². The van der Waals surface area contributed by atoms with Crippen LogP contribution in [-0.2, 0) is 11.3 Å². The molecule has 2 amide bonds. The molecule has 0 aliphatic heterocycles. The van der Waals surface area contributed by atoms with E-state index < -0.39 is 12.0 Å². The van der Waals surface area contributed by atoms with Crippen molar-refractivity contribution in [1.82, 2.24) is 20.6 Å². The lowest BCUT2D eigenvalue weighted by Crippen LogP contribution is -2.42. The van der Waals surface area contributed by atoms with Gasteiger partial charge in [0.25, 0.3) is 0 Å². The summed E-state index contributed by atoms with van der Waals surface area (Å²) in [7, 11) is 0. The van der Waals surface area contributed by atoms with Gasteiger partial charge in [0.1, 0.15) is 0 Å². The topological polar surface area (TPSA) is 104 Å². The van der Waals surface area contributed by atoms with Crippen LogP contribution in [0, 0.1) is 6.92 Å². The van der Waals surface area contributed by atoms with Gasteiger partial charge in [0.15, 0.2) is 0 Å². The van der Waals surface area contributed by atoms with E-state index in [1.807, 2.05) is 13.8 Å². The van der Waals surface area contributed by atoms with Crippen molar-refractivity contribution >= 4 is 12.0 Å². The first-order chi connectivity index (χ1) is 9.51. The number of nitrogens with zero attached hydrogens (tertiary/aromatic N) is 2. The minimum absolute atomic E-state index is 0.0778. The Morgan fingerprint density at radius 1 is 1.35 bits per heavy atom. The summed E-state index contributed by atoms with van der Waals surface area (Å²) in [5, 5.41) is 14.1. The van der Waals surface area contributed by atoms with E-state index >= 15 is 0 Å². The van der Waals surface area contributed by atoms with Crippen molar-refractivity contribution < 1.29 is 14.7 Å². The van der Waals surface area contributed by atoms with E-state index in [-0.39, 0.29) is 19.0 Å². The Hall–Kier alpha value is -2.18. The van der Waals surface area contributed by atoms with E-state index in [1.54, 1.807) is 12.4 Å². The molecule has 0 bridgehead atoms. The van der Waals surface area contributed by atoms with Crippen LogP contribution < -0.4 is 10.6 Å². The van der Waals surface area contributed by atoms with Gasteiger partial charge >= 0.3 is 12.0 Å². The lowest BCUT2D eigenvalue weighted by Gasteiger charge is -2.16. The highest BCUT2D eigenvalue weighted by Crippen LogP contribution is 2.02. The Kier molecular flexibility index (Phi) is 6.42. The zero-order valence-corrected chi connectivity index (χ0v) is 11.7. The monoisotopic (exact) mass is 280 g/mol. The van der Waals surface area contributed by atoms with Gasteiger partial charge in [0, 0.05) is 12.2 Å². The molecule has 0 aliphatic rings. The Morgan fingerprint density at radius 3 is 2.65 bits per heavy atom. The average molecular weight is 280 g/mol. The van der Waals surface area contributed by atoms with Gasteiger partial charge in [-0.1, -0.05) is 13.3 Å². The van der Waals surface area contributed by atoms with Crippen molar-refractivity contribution in [1.29, 1.82) is 0 Å². The van der Waals surface area contributed by atoms with Gasteiger partial charge in [0.05, 0.1) is 30.6 Å². The van der Waals surface area contributed by atoms with Crippen LogP contribution in [0.3, 0.4) is 0 Å². The summed E-state index contributed by atoms with van der Waals surface area (Å²) in [6.07, 6.45) is 4.58. The summed E-state index contributed by atoms with van der Waals surface area (Å²) < 4.78 is 0. The highest BCUT2D eigenvalue weighted by Gasteiger charge is 2.14. The van der Waals surface area contributed by atoms with Crippen LogP contribution in [0.1, 0.15) is 37.6 Å². The minimum atomic E-state index is -0.923. The molecule has 1 rings (SSSR count). The van der Waals surface area contributed by atoms with Crippen molar-refractivity contribution in [2.24, 2.45) is 0 Å². The predicted molar refractivity (Wildman–Crippen MR) is 73.1 cm³/mol. The molecule has 7 heteroatoms. The van der Waals surface area contributed by atoms with Crippen molar-refractivity contribution in [2.45, 2.75) is 45.7 Å². The number of nitrogens with one attached hydrogen (secondary N) is 2. The molecule has 7 nitrogen and oxygen atoms in total. The van der Waals surface area contributed by atoms with Crippen LogP contribution in [0.2, 0.25) is 0 Å². The van der Waals surface area contributed by atoms with Crippen LogP contribution in [0.15, 0.2) is 12.4 Å². The average Bonchev–Trinajstić information content (AvgIpc) is 2.37. The Labute approximate surface area is 117 Å². The number of hydrogen-bond donors (Lipinski definition) is 3. The molecular weight excluding hydrogens is 260 g/mol. The Bertz CT molecular complexity index is 447. The number of carbonyl (C=O) groups excluding carboxylic acids is 1. The molecule has 1 unspecified atom stereocenters. The normalized spacial score (nSPS) is 11.7. The number of aromatic nitrogens is 2. The third-order valence-corrected chi connectivity index (χ3v) is 2.66. The summed E-state index contributed by atoms with van der Waals surface area (Å²) in [6.45, 7) is 4.03. The van der Waals surface area contributed by atoms with E-state index in [0.717, 1.165) is 12.1 Å². The fourth-order valence-corrected chi connectivity index (χ4v) is 1.70. The summed E-state index contributed by atoms with van der Waals surface area (Å²) >= 11 is 0. The smallest absolute Gasteiger partial charge is 0.315 e. The number of aryl methyl sites for hydroxylation is 1. The molecule has 20 heavy (non-hydrogen) atoms. The maximum atomic E-state index is 11.7. The molecule has 3 N–H and O–H groups in total. The highest BCUT2D eigenvalue weighted by molar-refractivity contribution is 5.75. The van der Waals surface area contributed by atoms with Gasteiger partial charge in [-0.25, -0.2) is 4.79 Å². The molecule has 1 aromatic heterocycles. The van der Waals surface area contributed by atoms with E-state index in [0.29, 0.717) is 12.1 Å². The van der Waals surface area contributed by atoms with Crippen molar-refractivity contribution in [3.8, 4) is 0 Å².